The van der Waals surface area contributed by atoms with Crippen LogP contribution < -0.4 is 16.0 Å². The smallest absolute Gasteiger partial charge is 0.408 e. The van der Waals surface area contributed by atoms with E-state index in [9.17, 15) is 43.8 Å². The summed E-state index contributed by atoms with van der Waals surface area (Å²) in [5.41, 5.74) is 0.725. The molecule has 0 unspecified atom stereocenters. The lowest BCUT2D eigenvalue weighted by Crippen LogP contribution is -2.58. The lowest BCUT2D eigenvalue weighted by molar-refractivity contribution is -0.148. The van der Waals surface area contributed by atoms with Gasteiger partial charge in [-0.1, -0.05) is 50.6 Å². The molecule has 1 aliphatic rings. The Hall–Kier alpha value is -4.69. The molecule has 0 spiro atoms. The number of carboxylic acid groups (broad SMARTS) is 3. The SMILES string of the molecule is CC[C@H](C)[C@H](NC(=O)OCc1ccccc1)C(=O)N[C@@H](CCC(=O)O)C(=O)N1CCC[C@H]1C(=O)N[C@@H](CC(=O)O)C(=O)O. The van der Waals surface area contributed by atoms with E-state index in [0.29, 0.717) is 12.8 Å². The molecule has 1 aliphatic heterocycles. The maximum Gasteiger partial charge on any atom is 0.408 e. The molecule has 1 saturated heterocycles. The van der Waals surface area contributed by atoms with Crippen molar-refractivity contribution in [2.75, 3.05) is 6.54 Å². The van der Waals surface area contributed by atoms with E-state index in [1.807, 2.05) is 0 Å². The Kier molecular flexibility index (Phi) is 13.4. The van der Waals surface area contributed by atoms with Crippen LogP contribution in [0.1, 0.15) is 57.9 Å². The first kappa shape index (κ1) is 34.5. The molecule has 43 heavy (non-hydrogen) atoms. The molecule has 15 heteroatoms. The van der Waals surface area contributed by atoms with E-state index < -0.39 is 84.6 Å². The number of likely N-dealkylation sites (tertiary alicyclic amines) is 1. The minimum absolute atomic E-state index is 0.0468. The first-order valence-corrected chi connectivity index (χ1v) is 13.9. The number of aliphatic carboxylic acids is 3. The van der Waals surface area contributed by atoms with E-state index in [0.717, 1.165) is 10.5 Å². The average Bonchev–Trinajstić information content (AvgIpc) is 3.46. The van der Waals surface area contributed by atoms with Crippen LogP contribution in [-0.4, -0.2) is 92.7 Å². The third-order valence-electron chi connectivity index (χ3n) is 7.07. The fourth-order valence-corrected chi connectivity index (χ4v) is 4.53. The summed E-state index contributed by atoms with van der Waals surface area (Å²) >= 11 is 0. The third-order valence-corrected chi connectivity index (χ3v) is 7.07. The minimum Gasteiger partial charge on any atom is -0.481 e. The number of hydrogen-bond acceptors (Lipinski definition) is 8. The average molecular weight is 607 g/mol. The minimum atomic E-state index is -1.73. The van der Waals surface area contributed by atoms with Gasteiger partial charge in [0.05, 0.1) is 6.42 Å². The van der Waals surface area contributed by atoms with E-state index in [1.165, 1.54) is 0 Å². The van der Waals surface area contributed by atoms with Gasteiger partial charge in [0.25, 0.3) is 0 Å². The van der Waals surface area contributed by atoms with Crippen LogP contribution in [0.25, 0.3) is 0 Å². The predicted molar refractivity (Wildman–Crippen MR) is 148 cm³/mol. The summed E-state index contributed by atoms with van der Waals surface area (Å²) in [6, 6.07) is 3.44. The van der Waals surface area contributed by atoms with Crippen LogP contribution >= 0.6 is 0 Å². The Balaban J connectivity index is 2.18. The molecular weight excluding hydrogens is 568 g/mol. The van der Waals surface area contributed by atoms with E-state index in [-0.39, 0.29) is 26.0 Å². The second-order valence-corrected chi connectivity index (χ2v) is 10.2. The summed E-state index contributed by atoms with van der Waals surface area (Å²) in [5.74, 6) is -7.08. The molecule has 0 bridgehead atoms. The zero-order valence-electron chi connectivity index (χ0n) is 24.0. The second kappa shape index (κ2) is 16.7. The van der Waals surface area contributed by atoms with Crippen molar-refractivity contribution >= 4 is 41.7 Å². The van der Waals surface area contributed by atoms with Gasteiger partial charge in [-0.2, -0.15) is 0 Å². The molecule has 2 rings (SSSR count). The molecule has 6 N–H and O–H groups in total. The summed E-state index contributed by atoms with van der Waals surface area (Å²) in [6.07, 6.45) is -1.62. The zero-order valence-corrected chi connectivity index (χ0v) is 24.0. The van der Waals surface area contributed by atoms with E-state index in [4.69, 9.17) is 9.84 Å². The molecule has 1 fully saturated rings. The molecule has 1 aromatic rings. The standard InChI is InChI=1S/C28H38N4O11/c1-3-16(2)23(31-28(42)43-15-17-8-5-4-6-9-17)25(38)29-18(11-12-21(33)34)26(39)32-13-7-10-20(32)24(37)30-19(27(40)41)14-22(35)36/h4-6,8-9,16,18-20,23H,3,7,10-15H2,1-2H3,(H,29,38)(H,30,37)(H,31,42)(H,33,34)(H,35,36)(H,40,41)/t16-,18-,19-,20-,23-/m0/s1. The van der Waals surface area contributed by atoms with Crippen molar-refractivity contribution in [2.24, 2.45) is 5.92 Å². The van der Waals surface area contributed by atoms with Gasteiger partial charge in [0.1, 0.15) is 30.8 Å². The van der Waals surface area contributed by atoms with Crippen LogP contribution in [-0.2, 0) is 40.1 Å². The van der Waals surface area contributed by atoms with Gasteiger partial charge in [0.15, 0.2) is 0 Å². The number of carbonyl (C=O) groups is 7. The second-order valence-electron chi connectivity index (χ2n) is 10.2. The van der Waals surface area contributed by atoms with Gasteiger partial charge in [-0.25, -0.2) is 9.59 Å². The Labute approximate surface area is 247 Å². The van der Waals surface area contributed by atoms with Crippen molar-refractivity contribution < 1.29 is 53.6 Å². The van der Waals surface area contributed by atoms with E-state index >= 15 is 0 Å². The van der Waals surface area contributed by atoms with Crippen LogP contribution in [0.15, 0.2) is 30.3 Å². The van der Waals surface area contributed by atoms with Crippen molar-refractivity contribution in [1.82, 2.24) is 20.9 Å². The van der Waals surface area contributed by atoms with Crippen molar-refractivity contribution in [3.63, 3.8) is 0 Å². The lowest BCUT2D eigenvalue weighted by atomic mass is 9.97. The van der Waals surface area contributed by atoms with Crippen LogP contribution in [0, 0.1) is 5.92 Å². The van der Waals surface area contributed by atoms with Gasteiger partial charge < -0.3 is 40.9 Å². The first-order valence-electron chi connectivity index (χ1n) is 13.9. The zero-order chi connectivity index (χ0) is 32.1. The van der Waals surface area contributed by atoms with Crippen molar-refractivity contribution in [3.8, 4) is 0 Å². The number of benzene rings is 1. The fourth-order valence-electron chi connectivity index (χ4n) is 4.53. The predicted octanol–water partition coefficient (Wildman–Crippen LogP) is 0.712. The summed E-state index contributed by atoms with van der Waals surface area (Å²) < 4.78 is 5.22. The number of amides is 4. The van der Waals surface area contributed by atoms with Crippen molar-refractivity contribution in [1.29, 1.82) is 0 Å². The molecule has 236 valence electrons. The molecule has 15 nitrogen and oxygen atoms in total. The highest BCUT2D eigenvalue weighted by Crippen LogP contribution is 2.21. The molecule has 1 aromatic carbocycles. The molecule has 0 radical (unpaired) electrons. The Morgan fingerprint density at radius 2 is 1.63 bits per heavy atom. The lowest BCUT2D eigenvalue weighted by Gasteiger charge is -2.31. The van der Waals surface area contributed by atoms with Gasteiger partial charge in [0, 0.05) is 13.0 Å². The maximum absolute atomic E-state index is 13.6. The Bertz CT molecular complexity index is 1180. The quantitative estimate of drug-likeness (QED) is 0.153. The molecule has 1 heterocycles. The van der Waals surface area contributed by atoms with Crippen LogP contribution in [0.2, 0.25) is 0 Å². The van der Waals surface area contributed by atoms with Gasteiger partial charge >= 0.3 is 24.0 Å². The van der Waals surface area contributed by atoms with Crippen LogP contribution in [0.3, 0.4) is 0 Å². The number of alkyl carbamates (subject to hydrolysis) is 1. The number of carbonyl (C=O) groups excluding carboxylic acids is 4. The third kappa shape index (κ3) is 10.9. The molecule has 0 aromatic heterocycles. The Morgan fingerprint density at radius 1 is 0.953 bits per heavy atom. The highest BCUT2D eigenvalue weighted by Gasteiger charge is 2.40. The first-order chi connectivity index (χ1) is 20.3. The number of ether oxygens (including phenoxy) is 1. The largest absolute Gasteiger partial charge is 0.481 e. The number of carboxylic acids is 3. The number of nitrogens with one attached hydrogen (secondary N) is 3. The molecule has 5 atom stereocenters. The fraction of sp³-hybridized carbons (Fsp3) is 0.536. The molecular formula is C28H38N4O11. The maximum atomic E-state index is 13.6. The Morgan fingerprint density at radius 3 is 2.21 bits per heavy atom. The normalized spacial score (nSPS) is 17.1. The van der Waals surface area contributed by atoms with E-state index in [1.54, 1.807) is 44.2 Å². The van der Waals surface area contributed by atoms with Gasteiger partial charge in [-0.15, -0.1) is 0 Å². The summed E-state index contributed by atoms with van der Waals surface area (Å²) in [6.45, 7) is 3.50. The number of rotatable bonds is 16. The highest BCUT2D eigenvalue weighted by molar-refractivity contribution is 5.95. The molecule has 0 aliphatic carbocycles. The van der Waals surface area contributed by atoms with E-state index in [2.05, 4.69) is 16.0 Å². The van der Waals surface area contributed by atoms with Gasteiger partial charge in [-0.05, 0) is 30.7 Å². The molecule has 4 amide bonds. The van der Waals surface area contributed by atoms with Gasteiger partial charge in [-0.3, -0.25) is 24.0 Å². The monoisotopic (exact) mass is 606 g/mol. The topological polar surface area (TPSA) is 229 Å². The van der Waals surface area contributed by atoms with Gasteiger partial charge in [0.2, 0.25) is 17.7 Å². The van der Waals surface area contributed by atoms with Crippen molar-refractivity contribution in [3.05, 3.63) is 35.9 Å². The summed E-state index contributed by atoms with van der Waals surface area (Å²) in [4.78, 5) is 87.2. The van der Waals surface area contributed by atoms with Crippen molar-refractivity contribution in [2.45, 2.75) is 83.1 Å². The summed E-state index contributed by atoms with van der Waals surface area (Å²) in [5, 5.41) is 34.6. The number of nitrogens with zero attached hydrogens (tertiary/aromatic N) is 1. The van der Waals surface area contributed by atoms with Crippen LogP contribution in [0.4, 0.5) is 4.79 Å². The number of hydrogen-bond donors (Lipinski definition) is 6. The highest BCUT2D eigenvalue weighted by atomic mass is 16.5. The molecule has 0 saturated carbocycles. The van der Waals surface area contributed by atoms with Crippen LogP contribution in [0.5, 0.6) is 0 Å². The summed E-state index contributed by atoms with van der Waals surface area (Å²) in [7, 11) is 0.